The largest absolute Gasteiger partial charge is 0.342 e. The Morgan fingerprint density at radius 2 is 2.00 bits per heavy atom. The fraction of sp³-hybridized carbons (Fsp3) is 0.900. The molecule has 6 heteroatoms. The normalized spacial score (nSPS) is 14.9. The highest BCUT2D eigenvalue weighted by atomic mass is 31.2. The fourth-order valence-corrected chi connectivity index (χ4v) is 2.40. The summed E-state index contributed by atoms with van der Waals surface area (Å²) in [5.41, 5.74) is 0. The third-order valence-corrected chi connectivity index (χ3v) is 3.32. The van der Waals surface area contributed by atoms with Gasteiger partial charge in [-0.25, -0.2) is 0 Å². The lowest BCUT2D eigenvalue weighted by atomic mass is 10.2. The van der Waals surface area contributed by atoms with E-state index in [9.17, 15) is 14.3 Å². The predicted octanol–water partition coefficient (Wildman–Crippen LogP) is 1.71. The van der Waals surface area contributed by atoms with E-state index < -0.39 is 13.8 Å². The van der Waals surface area contributed by atoms with E-state index in [1.54, 1.807) is 11.8 Å². The Morgan fingerprint density at radius 1 is 1.44 bits per heavy atom. The molecular formula is C10H22NO4P. The van der Waals surface area contributed by atoms with Gasteiger partial charge in [0.05, 0.1) is 6.61 Å². The second kappa shape index (κ2) is 7.05. The molecule has 0 aromatic rings. The lowest BCUT2D eigenvalue weighted by Crippen LogP contribution is -2.36. The van der Waals surface area contributed by atoms with Crippen molar-refractivity contribution in [2.45, 2.75) is 27.7 Å². The van der Waals surface area contributed by atoms with E-state index in [1.165, 1.54) is 0 Å². The molecule has 1 N–H and O–H groups in total. The second-order valence-electron chi connectivity index (χ2n) is 4.04. The van der Waals surface area contributed by atoms with Gasteiger partial charge in [0.25, 0.3) is 0 Å². The van der Waals surface area contributed by atoms with E-state index in [-0.39, 0.29) is 12.5 Å². The van der Waals surface area contributed by atoms with Crippen LogP contribution in [-0.4, -0.2) is 41.6 Å². The lowest BCUT2D eigenvalue weighted by molar-refractivity contribution is -0.129. The summed E-state index contributed by atoms with van der Waals surface area (Å²) in [7, 11) is -3.75. The van der Waals surface area contributed by atoms with Crippen LogP contribution in [0.4, 0.5) is 0 Å². The molecule has 1 unspecified atom stereocenters. The first-order valence-corrected chi connectivity index (χ1v) is 7.32. The van der Waals surface area contributed by atoms with Crippen LogP contribution >= 0.6 is 7.60 Å². The van der Waals surface area contributed by atoms with Gasteiger partial charge in [-0.15, -0.1) is 0 Å². The van der Waals surface area contributed by atoms with Gasteiger partial charge in [0.1, 0.15) is 6.16 Å². The summed E-state index contributed by atoms with van der Waals surface area (Å²) in [5.74, 6) is 0.0181. The first kappa shape index (κ1) is 15.6. The molecule has 96 valence electrons. The minimum absolute atomic E-state index is 0.136. The Morgan fingerprint density at radius 3 is 2.38 bits per heavy atom. The predicted molar refractivity (Wildman–Crippen MR) is 63.4 cm³/mol. The van der Waals surface area contributed by atoms with Crippen molar-refractivity contribution in [1.29, 1.82) is 0 Å². The summed E-state index contributed by atoms with van der Waals surface area (Å²) in [6.07, 6.45) is -0.429. The smallest absolute Gasteiger partial charge is 0.337 e. The highest BCUT2D eigenvalue weighted by molar-refractivity contribution is 7.53. The highest BCUT2D eigenvalue weighted by Crippen LogP contribution is 2.41. The van der Waals surface area contributed by atoms with Crippen molar-refractivity contribution < 1.29 is 18.8 Å². The second-order valence-corrected chi connectivity index (χ2v) is 5.89. The third-order valence-electron chi connectivity index (χ3n) is 1.99. The maximum atomic E-state index is 11.7. The van der Waals surface area contributed by atoms with E-state index in [0.717, 1.165) is 0 Å². The maximum Gasteiger partial charge on any atom is 0.337 e. The van der Waals surface area contributed by atoms with E-state index in [1.807, 2.05) is 20.8 Å². The molecule has 0 saturated heterocycles. The quantitative estimate of drug-likeness (QED) is 0.699. The number of carbonyl (C=O) groups is 1. The van der Waals surface area contributed by atoms with Crippen LogP contribution in [0.5, 0.6) is 0 Å². The molecule has 0 aliphatic heterocycles. The summed E-state index contributed by atoms with van der Waals surface area (Å²) in [6, 6.07) is 0. The van der Waals surface area contributed by atoms with Crippen LogP contribution < -0.4 is 0 Å². The van der Waals surface area contributed by atoms with Crippen molar-refractivity contribution in [3.05, 3.63) is 0 Å². The Labute approximate surface area is 97.3 Å². The fourth-order valence-electron chi connectivity index (χ4n) is 1.37. The van der Waals surface area contributed by atoms with Crippen molar-refractivity contribution in [2.24, 2.45) is 5.92 Å². The number of carbonyl (C=O) groups excluding carboxylic acids is 1. The zero-order valence-electron chi connectivity index (χ0n) is 10.5. The number of rotatable bonds is 7. The summed E-state index contributed by atoms with van der Waals surface area (Å²) in [5, 5.41) is 0. The zero-order chi connectivity index (χ0) is 12.8. The minimum Gasteiger partial charge on any atom is -0.342 e. The first-order valence-electron chi connectivity index (χ1n) is 5.56. The van der Waals surface area contributed by atoms with E-state index >= 15 is 0 Å². The summed E-state index contributed by atoms with van der Waals surface area (Å²) in [6.45, 7) is 8.75. The molecule has 0 fully saturated rings. The Balaban J connectivity index is 4.36. The first-order chi connectivity index (χ1) is 7.32. The molecule has 0 aromatic carbocycles. The van der Waals surface area contributed by atoms with Crippen LogP contribution in [0.1, 0.15) is 27.7 Å². The average Bonchev–Trinajstić information content (AvgIpc) is 2.12. The number of hydrogen-bond donors (Lipinski definition) is 1. The van der Waals surface area contributed by atoms with Crippen LogP contribution in [0.3, 0.4) is 0 Å². The monoisotopic (exact) mass is 251 g/mol. The molecule has 1 amide bonds. The van der Waals surface area contributed by atoms with E-state index in [4.69, 9.17) is 0 Å². The van der Waals surface area contributed by atoms with Gasteiger partial charge in [0.15, 0.2) is 0 Å². The van der Waals surface area contributed by atoms with Crippen molar-refractivity contribution in [2.75, 3.05) is 25.9 Å². The van der Waals surface area contributed by atoms with Crippen LogP contribution in [0.2, 0.25) is 0 Å². The topological polar surface area (TPSA) is 66.8 Å². The molecule has 0 aliphatic rings. The van der Waals surface area contributed by atoms with Crippen molar-refractivity contribution in [3.8, 4) is 0 Å². The Hall–Kier alpha value is -0.380. The summed E-state index contributed by atoms with van der Waals surface area (Å²) < 4.78 is 16.1. The Kier molecular flexibility index (Phi) is 6.88. The standard InChI is InChI=1S/C10H22NO4P/c1-5-11(7-9(3)4)10(12)8-16(13,14)15-6-2/h9H,5-8H2,1-4H3,(H,13,14). The van der Waals surface area contributed by atoms with Crippen molar-refractivity contribution >= 4 is 13.5 Å². The van der Waals surface area contributed by atoms with Gasteiger partial charge < -0.3 is 14.3 Å². The van der Waals surface area contributed by atoms with Crippen molar-refractivity contribution in [1.82, 2.24) is 4.90 Å². The molecule has 16 heavy (non-hydrogen) atoms. The molecule has 0 spiro atoms. The van der Waals surface area contributed by atoms with E-state index in [2.05, 4.69) is 4.52 Å². The molecule has 0 heterocycles. The highest BCUT2D eigenvalue weighted by Gasteiger charge is 2.26. The number of amides is 1. The maximum absolute atomic E-state index is 11.7. The van der Waals surface area contributed by atoms with Crippen molar-refractivity contribution in [3.63, 3.8) is 0 Å². The minimum atomic E-state index is -3.75. The SMILES string of the molecule is CCOP(=O)(O)CC(=O)N(CC)CC(C)C. The number of hydrogen-bond acceptors (Lipinski definition) is 3. The summed E-state index contributed by atoms with van der Waals surface area (Å²) >= 11 is 0. The van der Waals surface area contributed by atoms with Gasteiger partial charge in [0.2, 0.25) is 5.91 Å². The van der Waals surface area contributed by atoms with Gasteiger partial charge in [-0.3, -0.25) is 9.36 Å². The molecule has 0 rings (SSSR count). The van der Waals surface area contributed by atoms with Crippen LogP contribution in [0.15, 0.2) is 0 Å². The third kappa shape index (κ3) is 6.26. The molecule has 0 aromatic heterocycles. The van der Waals surface area contributed by atoms with Crippen LogP contribution in [-0.2, 0) is 13.9 Å². The van der Waals surface area contributed by atoms with E-state index in [0.29, 0.717) is 19.0 Å². The molecule has 0 aliphatic carbocycles. The Bertz CT molecular complexity index is 268. The van der Waals surface area contributed by atoms with Gasteiger partial charge in [0, 0.05) is 13.1 Å². The molecular weight excluding hydrogens is 229 g/mol. The molecule has 1 atom stereocenters. The molecule has 0 radical (unpaired) electrons. The van der Waals surface area contributed by atoms with Gasteiger partial charge in [-0.2, -0.15) is 0 Å². The van der Waals surface area contributed by atoms with Gasteiger partial charge in [-0.05, 0) is 19.8 Å². The van der Waals surface area contributed by atoms with Gasteiger partial charge in [-0.1, -0.05) is 13.8 Å². The molecule has 0 bridgehead atoms. The average molecular weight is 251 g/mol. The molecule has 5 nitrogen and oxygen atoms in total. The summed E-state index contributed by atoms with van der Waals surface area (Å²) in [4.78, 5) is 22.6. The van der Waals surface area contributed by atoms with Crippen LogP contribution in [0.25, 0.3) is 0 Å². The molecule has 0 saturated carbocycles. The van der Waals surface area contributed by atoms with Gasteiger partial charge >= 0.3 is 7.60 Å². The van der Waals surface area contributed by atoms with Crippen LogP contribution in [0, 0.1) is 5.92 Å². The number of nitrogens with zero attached hydrogens (tertiary/aromatic N) is 1. The lowest BCUT2D eigenvalue weighted by Gasteiger charge is -2.23. The zero-order valence-corrected chi connectivity index (χ0v) is 11.4.